The van der Waals surface area contributed by atoms with Crippen molar-refractivity contribution in [2.75, 3.05) is 6.61 Å². The minimum atomic E-state index is 0.308. The number of aryl methyl sites for hydroxylation is 2. The summed E-state index contributed by atoms with van der Waals surface area (Å²) in [7, 11) is 0. The third-order valence-corrected chi connectivity index (χ3v) is 3.11. The van der Waals surface area contributed by atoms with E-state index in [1.165, 1.54) is 0 Å². The summed E-state index contributed by atoms with van der Waals surface area (Å²) in [6.07, 6.45) is 3.42. The van der Waals surface area contributed by atoms with Crippen molar-refractivity contribution in [1.82, 2.24) is 9.97 Å². The number of rotatable bonds is 3. The van der Waals surface area contributed by atoms with Gasteiger partial charge in [0.15, 0.2) is 0 Å². The van der Waals surface area contributed by atoms with Gasteiger partial charge >= 0.3 is 0 Å². The molecule has 2 rings (SSSR count). The van der Waals surface area contributed by atoms with Crippen molar-refractivity contribution < 1.29 is 4.74 Å². The standard InChI is InChI=1S/C12H19N3O/c1-8-11(7-13)9(2)15-12(14-8)6-10-4-3-5-16-10/h10H,3-7,13H2,1-2H3. The molecule has 4 nitrogen and oxygen atoms in total. The van der Waals surface area contributed by atoms with Crippen molar-refractivity contribution in [2.24, 2.45) is 5.73 Å². The second-order valence-electron chi connectivity index (χ2n) is 4.33. The highest BCUT2D eigenvalue weighted by Crippen LogP contribution is 2.17. The fourth-order valence-electron chi connectivity index (χ4n) is 2.20. The van der Waals surface area contributed by atoms with Gasteiger partial charge in [-0.25, -0.2) is 9.97 Å². The van der Waals surface area contributed by atoms with Gasteiger partial charge in [0.05, 0.1) is 6.10 Å². The third-order valence-electron chi connectivity index (χ3n) is 3.11. The largest absolute Gasteiger partial charge is 0.378 e. The Bertz CT molecular complexity index is 350. The number of aromatic nitrogens is 2. The average Bonchev–Trinajstić information content (AvgIpc) is 2.70. The van der Waals surface area contributed by atoms with E-state index in [-0.39, 0.29) is 0 Å². The molecular weight excluding hydrogens is 202 g/mol. The second-order valence-corrected chi connectivity index (χ2v) is 4.33. The quantitative estimate of drug-likeness (QED) is 0.835. The molecule has 88 valence electrons. The summed E-state index contributed by atoms with van der Waals surface area (Å²) in [6, 6.07) is 0. The van der Waals surface area contributed by atoms with Crippen LogP contribution in [0.4, 0.5) is 0 Å². The zero-order valence-electron chi connectivity index (χ0n) is 9.99. The molecule has 0 aliphatic carbocycles. The molecule has 0 amide bonds. The Morgan fingerprint density at radius 2 is 2.00 bits per heavy atom. The molecule has 16 heavy (non-hydrogen) atoms. The lowest BCUT2D eigenvalue weighted by Gasteiger charge is -2.11. The van der Waals surface area contributed by atoms with E-state index in [4.69, 9.17) is 10.5 Å². The van der Waals surface area contributed by atoms with Crippen LogP contribution in [0.3, 0.4) is 0 Å². The Kier molecular flexibility index (Phi) is 3.51. The summed E-state index contributed by atoms with van der Waals surface area (Å²) in [5.41, 5.74) is 8.73. The van der Waals surface area contributed by atoms with Crippen LogP contribution < -0.4 is 5.73 Å². The Morgan fingerprint density at radius 3 is 2.50 bits per heavy atom. The molecular formula is C12H19N3O. The maximum absolute atomic E-state index is 5.66. The van der Waals surface area contributed by atoms with Gasteiger partial charge in [0.1, 0.15) is 5.82 Å². The van der Waals surface area contributed by atoms with E-state index in [9.17, 15) is 0 Å². The molecule has 2 heterocycles. The zero-order chi connectivity index (χ0) is 11.5. The molecule has 0 radical (unpaired) electrons. The molecule has 1 aliphatic rings. The molecule has 2 N–H and O–H groups in total. The van der Waals surface area contributed by atoms with Crippen LogP contribution in [0.1, 0.15) is 35.6 Å². The van der Waals surface area contributed by atoms with E-state index < -0.39 is 0 Å². The highest BCUT2D eigenvalue weighted by molar-refractivity contribution is 5.24. The molecule has 1 unspecified atom stereocenters. The molecule has 0 bridgehead atoms. The van der Waals surface area contributed by atoms with Gasteiger partial charge in [-0.05, 0) is 26.7 Å². The van der Waals surface area contributed by atoms with Crippen molar-refractivity contribution >= 4 is 0 Å². The number of nitrogens with two attached hydrogens (primary N) is 1. The Labute approximate surface area is 96.2 Å². The van der Waals surface area contributed by atoms with Crippen molar-refractivity contribution in [3.05, 3.63) is 22.8 Å². The minimum absolute atomic E-state index is 0.308. The van der Waals surface area contributed by atoms with Crippen LogP contribution in [0.2, 0.25) is 0 Å². The Morgan fingerprint density at radius 1 is 1.31 bits per heavy atom. The van der Waals surface area contributed by atoms with Gasteiger partial charge < -0.3 is 10.5 Å². The smallest absolute Gasteiger partial charge is 0.131 e. The van der Waals surface area contributed by atoms with E-state index in [2.05, 4.69) is 9.97 Å². The molecule has 0 spiro atoms. The molecule has 1 fully saturated rings. The van der Waals surface area contributed by atoms with E-state index in [1.54, 1.807) is 0 Å². The lowest BCUT2D eigenvalue weighted by molar-refractivity contribution is 0.110. The zero-order valence-corrected chi connectivity index (χ0v) is 9.99. The lowest BCUT2D eigenvalue weighted by atomic mass is 10.1. The number of nitrogens with zero attached hydrogens (tertiary/aromatic N) is 2. The van der Waals surface area contributed by atoms with E-state index in [0.29, 0.717) is 12.6 Å². The summed E-state index contributed by atoms with van der Waals surface area (Å²) in [4.78, 5) is 8.99. The van der Waals surface area contributed by atoms with Gasteiger partial charge in [0, 0.05) is 36.5 Å². The lowest BCUT2D eigenvalue weighted by Crippen LogP contribution is -2.15. The van der Waals surface area contributed by atoms with Crippen molar-refractivity contribution in [3.8, 4) is 0 Å². The highest BCUT2D eigenvalue weighted by atomic mass is 16.5. The summed E-state index contributed by atoms with van der Waals surface area (Å²) >= 11 is 0. The fourth-order valence-corrected chi connectivity index (χ4v) is 2.20. The molecule has 0 aromatic carbocycles. The molecule has 1 atom stereocenters. The van der Waals surface area contributed by atoms with Crippen LogP contribution in [-0.2, 0) is 17.7 Å². The summed E-state index contributed by atoms with van der Waals surface area (Å²) in [6.45, 7) is 5.38. The average molecular weight is 221 g/mol. The third kappa shape index (κ3) is 2.39. The summed E-state index contributed by atoms with van der Waals surface area (Å²) in [5.74, 6) is 0.888. The molecule has 1 aromatic heterocycles. The number of hydrogen-bond donors (Lipinski definition) is 1. The normalized spacial score (nSPS) is 20.3. The molecule has 0 saturated carbocycles. The fraction of sp³-hybridized carbons (Fsp3) is 0.667. The number of hydrogen-bond acceptors (Lipinski definition) is 4. The van der Waals surface area contributed by atoms with Crippen molar-refractivity contribution in [2.45, 2.75) is 45.8 Å². The van der Waals surface area contributed by atoms with Gasteiger partial charge in [-0.1, -0.05) is 0 Å². The van der Waals surface area contributed by atoms with Gasteiger partial charge in [-0.3, -0.25) is 0 Å². The summed E-state index contributed by atoms with van der Waals surface area (Å²) in [5, 5.41) is 0. The molecule has 1 aromatic rings. The monoisotopic (exact) mass is 221 g/mol. The molecule has 1 aliphatic heterocycles. The van der Waals surface area contributed by atoms with E-state index in [0.717, 1.165) is 48.6 Å². The van der Waals surface area contributed by atoms with E-state index >= 15 is 0 Å². The van der Waals surface area contributed by atoms with Crippen molar-refractivity contribution in [3.63, 3.8) is 0 Å². The second kappa shape index (κ2) is 4.89. The van der Waals surface area contributed by atoms with Gasteiger partial charge in [-0.15, -0.1) is 0 Å². The van der Waals surface area contributed by atoms with Crippen LogP contribution >= 0.6 is 0 Å². The van der Waals surface area contributed by atoms with E-state index in [1.807, 2.05) is 13.8 Å². The first-order valence-corrected chi connectivity index (χ1v) is 5.85. The first-order chi connectivity index (χ1) is 7.70. The Hall–Kier alpha value is -1.00. The number of ether oxygens (including phenoxy) is 1. The predicted octanol–water partition coefficient (Wildman–Crippen LogP) is 1.27. The van der Waals surface area contributed by atoms with Crippen LogP contribution in [-0.4, -0.2) is 22.7 Å². The topological polar surface area (TPSA) is 61.0 Å². The predicted molar refractivity (Wildman–Crippen MR) is 62.1 cm³/mol. The first kappa shape index (κ1) is 11.5. The Balaban J connectivity index is 2.15. The van der Waals surface area contributed by atoms with Gasteiger partial charge in [-0.2, -0.15) is 0 Å². The van der Waals surface area contributed by atoms with Gasteiger partial charge in [0.2, 0.25) is 0 Å². The maximum Gasteiger partial charge on any atom is 0.131 e. The van der Waals surface area contributed by atoms with Gasteiger partial charge in [0.25, 0.3) is 0 Å². The van der Waals surface area contributed by atoms with Crippen LogP contribution in [0.15, 0.2) is 0 Å². The maximum atomic E-state index is 5.66. The highest BCUT2D eigenvalue weighted by Gasteiger charge is 2.18. The molecule has 1 saturated heterocycles. The SMILES string of the molecule is Cc1nc(CC2CCCO2)nc(C)c1CN. The summed E-state index contributed by atoms with van der Waals surface area (Å²) < 4.78 is 5.59. The minimum Gasteiger partial charge on any atom is -0.378 e. The van der Waals surface area contributed by atoms with Crippen LogP contribution in [0.5, 0.6) is 0 Å². The van der Waals surface area contributed by atoms with Crippen molar-refractivity contribution in [1.29, 1.82) is 0 Å². The first-order valence-electron chi connectivity index (χ1n) is 5.85. The van der Waals surface area contributed by atoms with Crippen LogP contribution in [0.25, 0.3) is 0 Å². The molecule has 4 heteroatoms. The van der Waals surface area contributed by atoms with Crippen LogP contribution in [0, 0.1) is 13.8 Å².